The Kier molecular flexibility index (Phi) is 3.48. The fraction of sp³-hybridized carbons (Fsp3) is 0.500. The van der Waals surface area contributed by atoms with Crippen molar-refractivity contribution in [3.05, 3.63) is 35.9 Å². The van der Waals surface area contributed by atoms with Gasteiger partial charge in [0.1, 0.15) is 0 Å². The molecule has 1 aromatic carbocycles. The molecule has 1 saturated carbocycles. The number of hydrogen-bond acceptors (Lipinski definition) is 2. The molecule has 3 nitrogen and oxygen atoms in total. The van der Waals surface area contributed by atoms with Crippen LogP contribution in [-0.2, 0) is 4.79 Å². The van der Waals surface area contributed by atoms with E-state index >= 15 is 0 Å². The van der Waals surface area contributed by atoms with Crippen LogP contribution < -0.4 is 5.32 Å². The lowest BCUT2D eigenvalue weighted by atomic mass is 10.0. The van der Waals surface area contributed by atoms with Crippen LogP contribution in [0.1, 0.15) is 31.7 Å². The number of rotatable bonds is 5. The number of nitrogens with one attached hydrogen (secondary N) is 1. The fourth-order valence-corrected chi connectivity index (χ4v) is 2.14. The van der Waals surface area contributed by atoms with E-state index < -0.39 is 5.97 Å². The first-order chi connectivity index (χ1) is 8.09. The van der Waals surface area contributed by atoms with Gasteiger partial charge in [-0.2, -0.15) is 0 Å². The average molecular weight is 233 g/mol. The monoisotopic (exact) mass is 233 g/mol. The van der Waals surface area contributed by atoms with Crippen LogP contribution in [0.2, 0.25) is 0 Å². The average Bonchev–Trinajstić information content (AvgIpc) is 3.08. The van der Waals surface area contributed by atoms with E-state index in [1.165, 1.54) is 5.56 Å². The molecule has 0 heterocycles. The van der Waals surface area contributed by atoms with Crippen molar-refractivity contribution in [3.8, 4) is 0 Å². The van der Waals surface area contributed by atoms with E-state index in [0.717, 1.165) is 6.42 Å². The molecule has 0 amide bonds. The summed E-state index contributed by atoms with van der Waals surface area (Å²) in [6, 6.07) is 10.8. The topological polar surface area (TPSA) is 49.3 Å². The number of hydrogen-bond donors (Lipinski definition) is 2. The molecule has 2 N–H and O–H groups in total. The van der Waals surface area contributed by atoms with Gasteiger partial charge in [-0.25, -0.2) is 0 Å². The van der Waals surface area contributed by atoms with E-state index in [2.05, 4.69) is 17.4 Å². The number of aliphatic carboxylic acids is 1. The van der Waals surface area contributed by atoms with Crippen LogP contribution in [0, 0.1) is 5.92 Å². The van der Waals surface area contributed by atoms with Crippen LogP contribution in [0.3, 0.4) is 0 Å². The van der Waals surface area contributed by atoms with Crippen molar-refractivity contribution in [2.24, 2.45) is 5.92 Å². The van der Waals surface area contributed by atoms with Gasteiger partial charge in [0.05, 0.1) is 5.92 Å². The van der Waals surface area contributed by atoms with Crippen LogP contribution in [0.15, 0.2) is 30.3 Å². The highest BCUT2D eigenvalue weighted by Gasteiger charge is 2.39. The van der Waals surface area contributed by atoms with Crippen molar-refractivity contribution in [1.29, 1.82) is 0 Å². The standard InChI is InChI=1S/C14H19NO2/c1-9(14(16)17)10(2)15-13-8-12(13)11-6-4-3-5-7-11/h3-7,9-10,12-13,15H,8H2,1-2H3,(H,16,17). The van der Waals surface area contributed by atoms with Crippen molar-refractivity contribution in [1.82, 2.24) is 5.32 Å². The first-order valence-electron chi connectivity index (χ1n) is 6.13. The zero-order valence-electron chi connectivity index (χ0n) is 10.3. The molecule has 17 heavy (non-hydrogen) atoms. The number of carbonyl (C=O) groups is 1. The molecule has 4 atom stereocenters. The Hall–Kier alpha value is -1.35. The summed E-state index contributed by atoms with van der Waals surface area (Å²) in [5.74, 6) is -0.520. The number of carboxylic acids is 1. The van der Waals surface area contributed by atoms with Gasteiger partial charge in [-0.3, -0.25) is 4.79 Å². The van der Waals surface area contributed by atoms with Crippen LogP contribution >= 0.6 is 0 Å². The lowest BCUT2D eigenvalue weighted by Gasteiger charge is -2.17. The SMILES string of the molecule is CC(NC1CC1c1ccccc1)C(C)C(=O)O. The Labute approximate surface area is 102 Å². The molecule has 3 heteroatoms. The zero-order valence-corrected chi connectivity index (χ0v) is 10.3. The van der Waals surface area contributed by atoms with E-state index in [0.29, 0.717) is 12.0 Å². The lowest BCUT2D eigenvalue weighted by Crippen LogP contribution is -2.37. The molecule has 1 aromatic rings. The van der Waals surface area contributed by atoms with E-state index in [-0.39, 0.29) is 12.0 Å². The van der Waals surface area contributed by atoms with Crippen LogP contribution in [0.5, 0.6) is 0 Å². The van der Waals surface area contributed by atoms with Crippen molar-refractivity contribution in [2.45, 2.75) is 38.3 Å². The first kappa shape index (κ1) is 12.1. The summed E-state index contributed by atoms with van der Waals surface area (Å²) in [5, 5.41) is 12.3. The number of benzene rings is 1. The van der Waals surface area contributed by atoms with Gasteiger partial charge in [0.2, 0.25) is 0 Å². The lowest BCUT2D eigenvalue weighted by molar-refractivity contribution is -0.141. The van der Waals surface area contributed by atoms with Crippen LogP contribution in [-0.4, -0.2) is 23.2 Å². The highest BCUT2D eigenvalue weighted by molar-refractivity contribution is 5.70. The highest BCUT2D eigenvalue weighted by Crippen LogP contribution is 2.41. The molecule has 1 aliphatic rings. The van der Waals surface area contributed by atoms with E-state index in [1.54, 1.807) is 6.92 Å². The van der Waals surface area contributed by atoms with E-state index in [4.69, 9.17) is 5.11 Å². The molecule has 0 spiro atoms. The molecule has 1 fully saturated rings. The van der Waals surface area contributed by atoms with Gasteiger partial charge in [-0.05, 0) is 18.9 Å². The second kappa shape index (κ2) is 4.88. The van der Waals surface area contributed by atoms with Gasteiger partial charge in [-0.1, -0.05) is 37.3 Å². The Balaban J connectivity index is 1.86. The van der Waals surface area contributed by atoms with Gasteiger partial charge >= 0.3 is 5.97 Å². The Bertz CT molecular complexity index is 390. The quantitative estimate of drug-likeness (QED) is 0.820. The maximum Gasteiger partial charge on any atom is 0.307 e. The number of carboxylic acid groups (broad SMARTS) is 1. The molecule has 0 radical (unpaired) electrons. The van der Waals surface area contributed by atoms with E-state index in [9.17, 15) is 4.79 Å². The molecular formula is C14H19NO2. The third-order valence-electron chi connectivity index (χ3n) is 3.63. The van der Waals surface area contributed by atoms with Crippen LogP contribution in [0.25, 0.3) is 0 Å². The Morgan fingerprint density at radius 2 is 2.00 bits per heavy atom. The summed E-state index contributed by atoms with van der Waals surface area (Å²) >= 11 is 0. The van der Waals surface area contributed by atoms with Crippen molar-refractivity contribution < 1.29 is 9.90 Å². The molecule has 0 saturated heterocycles. The fourth-order valence-electron chi connectivity index (χ4n) is 2.14. The molecule has 92 valence electrons. The molecule has 0 bridgehead atoms. The maximum absolute atomic E-state index is 10.9. The van der Waals surface area contributed by atoms with Crippen molar-refractivity contribution >= 4 is 5.97 Å². The second-order valence-corrected chi connectivity index (χ2v) is 4.94. The summed E-state index contributed by atoms with van der Waals surface area (Å²) in [7, 11) is 0. The minimum absolute atomic E-state index is 0.0196. The van der Waals surface area contributed by atoms with Gasteiger partial charge in [0, 0.05) is 18.0 Å². The second-order valence-electron chi connectivity index (χ2n) is 4.94. The maximum atomic E-state index is 10.9. The van der Waals surface area contributed by atoms with Gasteiger partial charge in [-0.15, -0.1) is 0 Å². The molecule has 2 rings (SSSR count). The molecule has 1 aliphatic carbocycles. The van der Waals surface area contributed by atoms with Crippen LogP contribution in [0.4, 0.5) is 0 Å². The predicted octanol–water partition coefficient (Wildman–Crippen LogP) is 2.24. The third-order valence-corrected chi connectivity index (χ3v) is 3.63. The molecule has 0 aliphatic heterocycles. The Morgan fingerprint density at radius 1 is 1.35 bits per heavy atom. The summed E-state index contributed by atoms with van der Waals surface area (Å²) < 4.78 is 0. The zero-order chi connectivity index (χ0) is 12.4. The summed E-state index contributed by atoms with van der Waals surface area (Å²) in [5.41, 5.74) is 1.35. The molecule has 4 unspecified atom stereocenters. The minimum Gasteiger partial charge on any atom is -0.481 e. The third kappa shape index (κ3) is 2.86. The highest BCUT2D eigenvalue weighted by atomic mass is 16.4. The first-order valence-corrected chi connectivity index (χ1v) is 6.13. The van der Waals surface area contributed by atoms with Crippen molar-refractivity contribution in [3.63, 3.8) is 0 Å². The van der Waals surface area contributed by atoms with Gasteiger partial charge in [0.25, 0.3) is 0 Å². The summed E-state index contributed by atoms with van der Waals surface area (Å²) in [4.78, 5) is 10.9. The van der Waals surface area contributed by atoms with E-state index in [1.807, 2.05) is 25.1 Å². The largest absolute Gasteiger partial charge is 0.481 e. The normalized spacial score (nSPS) is 26.2. The smallest absolute Gasteiger partial charge is 0.307 e. The van der Waals surface area contributed by atoms with Gasteiger partial charge < -0.3 is 10.4 Å². The van der Waals surface area contributed by atoms with Gasteiger partial charge in [0.15, 0.2) is 0 Å². The summed E-state index contributed by atoms with van der Waals surface area (Å²) in [6.07, 6.45) is 1.11. The molecular weight excluding hydrogens is 214 g/mol. The minimum atomic E-state index is -0.734. The summed E-state index contributed by atoms with van der Waals surface area (Å²) in [6.45, 7) is 3.69. The van der Waals surface area contributed by atoms with Crippen molar-refractivity contribution in [2.75, 3.05) is 0 Å². The Morgan fingerprint density at radius 3 is 2.59 bits per heavy atom. The molecule has 0 aromatic heterocycles. The predicted molar refractivity (Wildman–Crippen MR) is 67.0 cm³/mol.